The van der Waals surface area contributed by atoms with Crippen LogP contribution in [0.5, 0.6) is 0 Å². The molecular formula is C20H15ClF2N2O2. The largest absolute Gasteiger partial charge is 0.458 e. The van der Waals surface area contributed by atoms with E-state index in [0.29, 0.717) is 27.7 Å². The summed E-state index contributed by atoms with van der Waals surface area (Å²) in [6.07, 6.45) is 2.76. The molecule has 2 aromatic carbocycles. The van der Waals surface area contributed by atoms with Gasteiger partial charge in [0, 0.05) is 11.6 Å². The van der Waals surface area contributed by atoms with E-state index in [4.69, 9.17) is 16.3 Å². The van der Waals surface area contributed by atoms with Crippen LogP contribution in [-0.2, 0) is 16.1 Å². The van der Waals surface area contributed by atoms with Gasteiger partial charge >= 0.3 is 5.97 Å². The van der Waals surface area contributed by atoms with Crippen LogP contribution >= 0.6 is 11.6 Å². The van der Waals surface area contributed by atoms with Gasteiger partial charge in [-0.15, -0.1) is 0 Å². The Bertz CT molecular complexity index is 980. The Balaban J connectivity index is 1.70. The number of carbonyl (C=O) groups excluding carboxylic acids is 1. The van der Waals surface area contributed by atoms with E-state index in [2.05, 4.69) is 5.10 Å². The molecule has 3 rings (SSSR count). The lowest BCUT2D eigenvalue weighted by atomic mass is 10.2. The fourth-order valence-electron chi connectivity index (χ4n) is 2.39. The average Bonchev–Trinajstić information content (AvgIpc) is 2.94. The van der Waals surface area contributed by atoms with Gasteiger partial charge in [0.1, 0.15) is 23.4 Å². The molecule has 0 bridgehead atoms. The van der Waals surface area contributed by atoms with E-state index in [9.17, 15) is 13.6 Å². The number of benzene rings is 2. The molecule has 0 atom stereocenters. The molecule has 1 aromatic heterocycles. The van der Waals surface area contributed by atoms with Crippen molar-refractivity contribution < 1.29 is 18.3 Å². The fraction of sp³-hybridized carbons (Fsp3) is 0.100. The number of nitrogens with zero attached hydrogens (tertiary/aromatic N) is 2. The van der Waals surface area contributed by atoms with Crippen LogP contribution in [0.1, 0.15) is 16.8 Å². The third-order valence-corrected chi connectivity index (χ3v) is 4.16. The Morgan fingerprint density at radius 2 is 1.70 bits per heavy atom. The molecule has 7 heteroatoms. The van der Waals surface area contributed by atoms with Crippen LogP contribution in [0.4, 0.5) is 8.78 Å². The highest BCUT2D eigenvalue weighted by molar-refractivity contribution is 6.31. The van der Waals surface area contributed by atoms with Crippen LogP contribution in [0, 0.1) is 18.6 Å². The highest BCUT2D eigenvalue weighted by Gasteiger charge is 2.13. The van der Waals surface area contributed by atoms with Crippen LogP contribution in [0.3, 0.4) is 0 Å². The van der Waals surface area contributed by atoms with Gasteiger partial charge in [-0.1, -0.05) is 23.7 Å². The van der Waals surface area contributed by atoms with Crippen molar-refractivity contribution in [1.29, 1.82) is 0 Å². The van der Waals surface area contributed by atoms with E-state index >= 15 is 0 Å². The SMILES string of the molecule is Cc1nn(-c2ccc(F)cc2)c(Cl)c1/C=C/C(=O)OCc1ccc(F)cc1. The lowest BCUT2D eigenvalue weighted by Crippen LogP contribution is -2.00. The topological polar surface area (TPSA) is 44.1 Å². The summed E-state index contributed by atoms with van der Waals surface area (Å²) in [7, 11) is 0. The zero-order chi connectivity index (χ0) is 19.4. The first-order chi connectivity index (χ1) is 12.9. The van der Waals surface area contributed by atoms with Crippen LogP contribution in [0.15, 0.2) is 54.6 Å². The van der Waals surface area contributed by atoms with Crippen molar-refractivity contribution >= 4 is 23.6 Å². The molecule has 0 saturated heterocycles. The quantitative estimate of drug-likeness (QED) is 0.462. The van der Waals surface area contributed by atoms with Crippen molar-refractivity contribution in [3.63, 3.8) is 0 Å². The Morgan fingerprint density at radius 3 is 2.33 bits per heavy atom. The Kier molecular flexibility index (Phi) is 5.66. The van der Waals surface area contributed by atoms with Gasteiger partial charge in [0.2, 0.25) is 0 Å². The van der Waals surface area contributed by atoms with Crippen molar-refractivity contribution in [3.05, 3.63) is 88.2 Å². The molecule has 27 heavy (non-hydrogen) atoms. The molecule has 1 heterocycles. The van der Waals surface area contributed by atoms with E-state index in [0.717, 1.165) is 0 Å². The standard InChI is InChI=1S/C20H15ClF2N2O2/c1-13-18(20(21)25(24-13)17-8-6-16(23)7-9-17)10-11-19(26)27-12-14-2-4-15(22)5-3-14/h2-11H,12H2,1H3/b11-10+. The molecule has 0 saturated carbocycles. The number of aryl methyl sites for hydroxylation is 1. The summed E-state index contributed by atoms with van der Waals surface area (Å²) in [4.78, 5) is 11.9. The number of halogens is 3. The predicted molar refractivity (Wildman–Crippen MR) is 98.5 cm³/mol. The summed E-state index contributed by atoms with van der Waals surface area (Å²) in [6, 6.07) is 11.4. The van der Waals surface area contributed by atoms with E-state index in [1.54, 1.807) is 31.2 Å². The molecule has 0 aliphatic heterocycles. The van der Waals surface area contributed by atoms with Gasteiger partial charge in [0.15, 0.2) is 0 Å². The zero-order valence-electron chi connectivity index (χ0n) is 14.3. The van der Waals surface area contributed by atoms with Gasteiger partial charge in [0.05, 0.1) is 11.4 Å². The van der Waals surface area contributed by atoms with Gasteiger partial charge in [-0.3, -0.25) is 0 Å². The second-order valence-corrected chi connectivity index (χ2v) is 6.10. The lowest BCUT2D eigenvalue weighted by Gasteiger charge is -2.03. The van der Waals surface area contributed by atoms with Crippen molar-refractivity contribution in [2.45, 2.75) is 13.5 Å². The van der Waals surface area contributed by atoms with Crippen molar-refractivity contribution in [3.8, 4) is 5.69 Å². The molecule has 138 valence electrons. The average molecular weight is 389 g/mol. The molecule has 0 aliphatic carbocycles. The van der Waals surface area contributed by atoms with E-state index in [1.807, 2.05) is 0 Å². The molecule has 0 aliphatic rings. The molecule has 0 N–H and O–H groups in total. The van der Waals surface area contributed by atoms with E-state index in [-0.39, 0.29) is 18.2 Å². The van der Waals surface area contributed by atoms with E-state index < -0.39 is 5.97 Å². The number of aromatic nitrogens is 2. The number of hydrogen-bond donors (Lipinski definition) is 0. The highest BCUT2D eigenvalue weighted by atomic mass is 35.5. The molecule has 3 aromatic rings. The van der Waals surface area contributed by atoms with Gasteiger partial charge in [-0.2, -0.15) is 5.10 Å². The minimum Gasteiger partial charge on any atom is -0.458 e. The third-order valence-electron chi connectivity index (χ3n) is 3.80. The molecule has 0 spiro atoms. The van der Waals surface area contributed by atoms with Gasteiger partial charge in [-0.05, 0) is 55.0 Å². The minimum absolute atomic E-state index is 0.0327. The summed E-state index contributed by atoms with van der Waals surface area (Å²) < 4.78 is 32.5. The summed E-state index contributed by atoms with van der Waals surface area (Å²) >= 11 is 6.34. The monoisotopic (exact) mass is 388 g/mol. The number of ether oxygens (including phenoxy) is 1. The third kappa shape index (κ3) is 4.60. The van der Waals surface area contributed by atoms with Crippen LogP contribution in [-0.4, -0.2) is 15.7 Å². The molecule has 0 radical (unpaired) electrons. The smallest absolute Gasteiger partial charge is 0.331 e. The molecule has 4 nitrogen and oxygen atoms in total. The van der Waals surface area contributed by atoms with Crippen molar-refractivity contribution in [2.75, 3.05) is 0 Å². The number of carbonyl (C=O) groups is 1. The number of hydrogen-bond acceptors (Lipinski definition) is 3. The maximum Gasteiger partial charge on any atom is 0.331 e. The van der Waals surface area contributed by atoms with Crippen molar-refractivity contribution in [2.24, 2.45) is 0 Å². The first kappa shape index (κ1) is 18.8. The van der Waals surface area contributed by atoms with Crippen molar-refractivity contribution in [1.82, 2.24) is 9.78 Å². The molecular weight excluding hydrogens is 374 g/mol. The van der Waals surface area contributed by atoms with Crippen LogP contribution in [0.25, 0.3) is 11.8 Å². The summed E-state index contributed by atoms with van der Waals surface area (Å²) in [5.41, 5.74) is 2.44. The van der Waals surface area contributed by atoms with Gasteiger partial charge in [0.25, 0.3) is 0 Å². The van der Waals surface area contributed by atoms with Gasteiger partial charge in [-0.25, -0.2) is 18.3 Å². The van der Waals surface area contributed by atoms with E-state index in [1.165, 1.54) is 41.1 Å². The second-order valence-electron chi connectivity index (χ2n) is 5.75. The van der Waals surface area contributed by atoms with Crippen LogP contribution < -0.4 is 0 Å². The second kappa shape index (κ2) is 8.14. The maximum atomic E-state index is 13.1. The number of esters is 1. The number of rotatable bonds is 5. The highest BCUT2D eigenvalue weighted by Crippen LogP contribution is 2.25. The first-order valence-corrected chi connectivity index (χ1v) is 8.42. The predicted octanol–water partition coefficient (Wildman–Crippen LogP) is 4.87. The minimum atomic E-state index is -0.565. The molecule has 0 unspecified atom stereocenters. The van der Waals surface area contributed by atoms with Crippen LogP contribution in [0.2, 0.25) is 5.15 Å². The van der Waals surface area contributed by atoms with Gasteiger partial charge < -0.3 is 4.74 Å². The Morgan fingerprint density at radius 1 is 1.11 bits per heavy atom. The fourth-order valence-corrected chi connectivity index (χ4v) is 2.72. The zero-order valence-corrected chi connectivity index (χ0v) is 15.1. The normalized spacial score (nSPS) is 11.1. The summed E-state index contributed by atoms with van der Waals surface area (Å²) in [5.74, 6) is -1.28. The lowest BCUT2D eigenvalue weighted by molar-refractivity contribution is -0.138. The Labute approximate surface area is 159 Å². The summed E-state index contributed by atoms with van der Waals surface area (Å²) in [5, 5.41) is 4.61. The maximum absolute atomic E-state index is 13.1. The Hall–Kier alpha value is -2.99. The molecule has 0 fully saturated rings. The molecule has 0 amide bonds. The first-order valence-electron chi connectivity index (χ1n) is 8.04. The summed E-state index contributed by atoms with van der Waals surface area (Å²) in [6.45, 7) is 1.78.